The summed E-state index contributed by atoms with van der Waals surface area (Å²) < 4.78 is 7.10. The molecule has 6 heteroatoms. The van der Waals surface area contributed by atoms with E-state index in [1.54, 1.807) is 0 Å². The molecule has 0 aliphatic rings. The van der Waals surface area contributed by atoms with Crippen LogP contribution in [0.15, 0.2) is 243 Å². The van der Waals surface area contributed by atoms with E-state index in [1.165, 1.54) is 21.8 Å². The van der Waals surface area contributed by atoms with E-state index >= 15 is 0 Å². The van der Waals surface area contributed by atoms with Gasteiger partial charge in [0.2, 0.25) is 5.95 Å². The zero-order valence-corrected chi connectivity index (χ0v) is 37.3. The Morgan fingerprint density at radius 2 is 0.652 bits per heavy atom. The minimum Gasteiger partial charge on any atom is -0.309 e. The van der Waals surface area contributed by atoms with Gasteiger partial charge in [0.15, 0.2) is 11.6 Å². The van der Waals surface area contributed by atoms with Gasteiger partial charge in [0, 0.05) is 54.8 Å². The zero-order valence-electron chi connectivity index (χ0n) is 37.3. The van der Waals surface area contributed by atoms with Gasteiger partial charge in [0.05, 0.1) is 33.1 Å². The number of fused-ring (bicyclic) bond motifs is 10. The van der Waals surface area contributed by atoms with Crippen molar-refractivity contribution >= 4 is 65.4 Å². The average Bonchev–Trinajstić information content (AvgIpc) is 4.07. The summed E-state index contributed by atoms with van der Waals surface area (Å²) >= 11 is 0. The Morgan fingerprint density at radius 3 is 1.22 bits per heavy atom. The van der Waals surface area contributed by atoms with Crippen LogP contribution in [0, 0.1) is 0 Å². The van der Waals surface area contributed by atoms with Gasteiger partial charge in [-0.05, 0) is 82.9 Å². The molecule has 0 saturated heterocycles. The van der Waals surface area contributed by atoms with Crippen molar-refractivity contribution in [2.45, 2.75) is 0 Å². The van der Waals surface area contributed by atoms with Crippen molar-refractivity contribution < 1.29 is 0 Å². The number of hydrogen-bond acceptors (Lipinski definition) is 3. The van der Waals surface area contributed by atoms with Gasteiger partial charge in [0.1, 0.15) is 0 Å². The number of rotatable bonds is 7. The molecule has 4 heterocycles. The van der Waals surface area contributed by atoms with Crippen LogP contribution in [-0.2, 0) is 0 Å². The Balaban J connectivity index is 1.08. The van der Waals surface area contributed by atoms with E-state index in [0.717, 1.165) is 88.4 Å². The van der Waals surface area contributed by atoms with Gasteiger partial charge in [-0.1, -0.05) is 182 Å². The predicted octanol–water partition coefficient (Wildman–Crippen LogP) is 15.8. The lowest BCUT2D eigenvalue weighted by molar-refractivity contribution is 0.953. The van der Waals surface area contributed by atoms with E-state index in [1.807, 2.05) is 12.1 Å². The number of benzene rings is 10. The predicted molar refractivity (Wildman–Crippen MR) is 285 cm³/mol. The summed E-state index contributed by atoms with van der Waals surface area (Å²) in [4.78, 5) is 16.3. The minimum absolute atomic E-state index is 0.541. The molecule has 69 heavy (non-hydrogen) atoms. The lowest BCUT2D eigenvalue weighted by Gasteiger charge is -2.14. The summed E-state index contributed by atoms with van der Waals surface area (Å²) in [7, 11) is 0. The van der Waals surface area contributed by atoms with Crippen LogP contribution in [0.2, 0.25) is 0 Å². The summed E-state index contributed by atoms with van der Waals surface area (Å²) in [6.07, 6.45) is 0. The highest BCUT2D eigenvalue weighted by molar-refractivity contribution is 6.24. The monoisotopic (exact) mass is 880 g/mol. The summed E-state index contributed by atoms with van der Waals surface area (Å²) in [5.41, 5.74) is 15.0. The van der Waals surface area contributed by atoms with Crippen LogP contribution < -0.4 is 0 Å². The van der Waals surface area contributed by atoms with Crippen molar-refractivity contribution in [3.63, 3.8) is 0 Å². The lowest BCUT2D eigenvalue weighted by Crippen LogP contribution is -2.07. The Labute approximate surface area is 397 Å². The molecule has 322 valence electrons. The highest BCUT2D eigenvalue weighted by atomic mass is 15.2. The Hall–Kier alpha value is -9.39. The van der Waals surface area contributed by atoms with E-state index in [4.69, 9.17) is 15.0 Å². The van der Waals surface area contributed by atoms with Gasteiger partial charge in [0.25, 0.3) is 0 Å². The van der Waals surface area contributed by atoms with Gasteiger partial charge in [-0.15, -0.1) is 0 Å². The van der Waals surface area contributed by atoms with Gasteiger partial charge >= 0.3 is 0 Å². The van der Waals surface area contributed by atoms with Crippen molar-refractivity contribution in [1.29, 1.82) is 0 Å². The Bertz CT molecular complexity index is 4140. The number of nitrogens with zero attached hydrogens (tertiary/aromatic N) is 6. The molecule has 0 N–H and O–H groups in total. The third-order valence-electron chi connectivity index (χ3n) is 13.7. The van der Waals surface area contributed by atoms with Crippen molar-refractivity contribution in [2.24, 2.45) is 0 Å². The van der Waals surface area contributed by atoms with Gasteiger partial charge in [-0.3, -0.25) is 4.57 Å². The smallest absolute Gasteiger partial charge is 0.238 e. The fourth-order valence-electron chi connectivity index (χ4n) is 10.6. The fraction of sp³-hybridized carbons (Fsp3) is 0. The third kappa shape index (κ3) is 6.23. The Morgan fingerprint density at radius 1 is 0.232 bits per heavy atom. The highest BCUT2D eigenvalue weighted by Gasteiger charge is 2.24. The van der Waals surface area contributed by atoms with E-state index < -0.39 is 0 Å². The second kappa shape index (κ2) is 15.6. The standard InChI is InChI=1S/C63H40N6/c1-4-18-41(19-5-1)43-22-16-24-45(38-43)61-64-62(46-25-17-23-44(39-46)42-20-6-2-7-21-42)66-63(65-61)69-57-33-15-12-30-51(57)52-35-36-53-54-40-48(67-55-31-13-10-28-49(55)50-29-11-14-32-56(50)67)34-37-58(54)68(59(53)60(52)69)47-26-8-3-9-27-47/h1-40H. The molecule has 0 amide bonds. The Kier molecular flexibility index (Phi) is 8.79. The first-order valence-electron chi connectivity index (χ1n) is 23.4. The first kappa shape index (κ1) is 38.8. The van der Waals surface area contributed by atoms with Crippen LogP contribution in [0.1, 0.15) is 0 Å². The molecule has 0 saturated carbocycles. The maximum Gasteiger partial charge on any atom is 0.238 e. The number of para-hydroxylation sites is 4. The topological polar surface area (TPSA) is 53.5 Å². The second-order valence-electron chi connectivity index (χ2n) is 17.6. The molecule has 14 rings (SSSR count). The van der Waals surface area contributed by atoms with Gasteiger partial charge < -0.3 is 9.13 Å². The zero-order chi connectivity index (χ0) is 45.4. The summed E-state index contributed by atoms with van der Waals surface area (Å²) in [6, 6.07) is 86.2. The highest BCUT2D eigenvalue weighted by Crippen LogP contribution is 2.43. The number of aromatic nitrogens is 6. The molecule has 0 unspecified atom stereocenters. The SMILES string of the molecule is c1ccc(-c2cccc(-c3nc(-c4cccc(-c5ccccc5)c4)nc(-n4c5ccccc5c5ccc6c7cc(-n8c9ccccc9c9ccccc98)ccc7n(-c7ccccc7)c6c54)n3)c2)cc1. The maximum atomic E-state index is 5.48. The van der Waals surface area contributed by atoms with E-state index in [-0.39, 0.29) is 0 Å². The molecule has 4 aromatic heterocycles. The second-order valence-corrected chi connectivity index (χ2v) is 17.6. The molecule has 0 radical (unpaired) electrons. The number of hydrogen-bond donors (Lipinski definition) is 0. The third-order valence-corrected chi connectivity index (χ3v) is 13.7. The maximum absolute atomic E-state index is 5.48. The fourth-order valence-corrected chi connectivity index (χ4v) is 10.6. The van der Waals surface area contributed by atoms with Crippen LogP contribution in [0.3, 0.4) is 0 Å². The van der Waals surface area contributed by atoms with E-state index in [2.05, 4.69) is 244 Å². The first-order valence-corrected chi connectivity index (χ1v) is 23.4. The molecular formula is C63H40N6. The largest absolute Gasteiger partial charge is 0.309 e. The van der Waals surface area contributed by atoms with Crippen LogP contribution in [0.25, 0.3) is 128 Å². The van der Waals surface area contributed by atoms with Crippen LogP contribution >= 0.6 is 0 Å². The molecule has 0 aliphatic carbocycles. The van der Waals surface area contributed by atoms with Crippen LogP contribution in [0.4, 0.5) is 0 Å². The molecule has 0 bridgehead atoms. The van der Waals surface area contributed by atoms with Gasteiger partial charge in [-0.2, -0.15) is 9.97 Å². The summed E-state index contributed by atoms with van der Waals surface area (Å²) in [6.45, 7) is 0. The molecule has 0 spiro atoms. The van der Waals surface area contributed by atoms with Crippen LogP contribution in [-0.4, -0.2) is 28.7 Å². The quantitative estimate of drug-likeness (QED) is 0.160. The normalized spacial score (nSPS) is 11.8. The van der Waals surface area contributed by atoms with Crippen molar-refractivity contribution in [3.05, 3.63) is 243 Å². The van der Waals surface area contributed by atoms with E-state index in [9.17, 15) is 0 Å². The molecule has 14 aromatic rings. The molecule has 6 nitrogen and oxygen atoms in total. The average molecular weight is 881 g/mol. The van der Waals surface area contributed by atoms with Crippen molar-refractivity contribution in [1.82, 2.24) is 28.7 Å². The van der Waals surface area contributed by atoms with Crippen LogP contribution in [0.5, 0.6) is 0 Å². The molecular weight excluding hydrogens is 841 g/mol. The van der Waals surface area contributed by atoms with Crippen molar-refractivity contribution in [2.75, 3.05) is 0 Å². The summed E-state index contributed by atoms with van der Waals surface area (Å²) in [5.74, 6) is 1.73. The molecule has 0 atom stereocenters. The summed E-state index contributed by atoms with van der Waals surface area (Å²) in [5, 5.41) is 6.99. The molecule has 10 aromatic carbocycles. The molecule has 0 fully saturated rings. The van der Waals surface area contributed by atoms with Gasteiger partial charge in [-0.25, -0.2) is 4.98 Å². The van der Waals surface area contributed by atoms with Crippen molar-refractivity contribution in [3.8, 4) is 62.4 Å². The molecule has 0 aliphatic heterocycles. The van der Waals surface area contributed by atoms with E-state index in [0.29, 0.717) is 17.6 Å². The first-order chi connectivity index (χ1) is 34.2. The lowest BCUT2D eigenvalue weighted by atomic mass is 10.0. The minimum atomic E-state index is 0.541.